The number of aliphatic imine (C=N–C) groups is 1. The van der Waals surface area contributed by atoms with Crippen LogP contribution in [0.2, 0.25) is 0 Å². The third-order valence-electron chi connectivity index (χ3n) is 0.950. The Morgan fingerprint density at radius 2 is 1.12 bits per heavy atom. The quantitative estimate of drug-likeness (QED) is 0.183. The van der Waals surface area contributed by atoms with Gasteiger partial charge in [-0.05, 0) is 0 Å². The molecule has 0 aromatic rings. The second-order valence-corrected chi connectivity index (χ2v) is 1.58. The van der Waals surface area contributed by atoms with Crippen molar-refractivity contribution in [2.24, 2.45) is 4.99 Å². The predicted octanol–water partition coefficient (Wildman–Crippen LogP) is 0.154. The Kier molecular flexibility index (Phi) is 8.92. The molecule has 0 aliphatic carbocycles. The Morgan fingerprint density at radius 3 is 1.31 bits per heavy atom. The van der Waals surface area contributed by atoms with Gasteiger partial charge in [0.2, 0.25) is 31.0 Å². The van der Waals surface area contributed by atoms with E-state index in [0.717, 1.165) is 0 Å². The van der Waals surface area contributed by atoms with Crippen molar-refractivity contribution in [3.05, 3.63) is 13.2 Å². The highest BCUT2D eigenvalue weighted by Gasteiger charge is 2.18. The zero-order valence-electron chi connectivity index (χ0n) is 7.99. The molecule has 0 saturated carbocycles. The Hall–Kier alpha value is -3.54. The average Bonchev–Trinajstić information content (AvgIpc) is 2.34. The van der Waals surface area contributed by atoms with Gasteiger partial charge in [0.1, 0.15) is 0 Å². The van der Waals surface area contributed by atoms with Crippen molar-refractivity contribution in [1.82, 2.24) is 9.80 Å². The summed E-state index contributed by atoms with van der Waals surface area (Å²) in [5.41, 5.74) is 0. The number of hydrogen-bond donors (Lipinski definition) is 0. The molecule has 16 heavy (non-hydrogen) atoms. The summed E-state index contributed by atoms with van der Waals surface area (Å²) in [7, 11) is 0. The first-order chi connectivity index (χ1) is 7.74. The zero-order valence-corrected chi connectivity index (χ0v) is 7.99. The lowest BCUT2D eigenvalue weighted by Crippen LogP contribution is -2.33. The molecular formula is C8H4N8. The van der Waals surface area contributed by atoms with Gasteiger partial charge >= 0.3 is 0 Å². The van der Waals surface area contributed by atoms with Gasteiger partial charge < -0.3 is 0 Å². The second-order valence-electron chi connectivity index (χ2n) is 1.58. The second kappa shape index (κ2) is 9.55. The first-order valence-electron chi connectivity index (χ1n) is 3.41. The molecule has 0 heterocycles. The van der Waals surface area contributed by atoms with E-state index in [4.69, 9.17) is 26.3 Å². The van der Waals surface area contributed by atoms with Crippen LogP contribution < -0.4 is 0 Å². The van der Waals surface area contributed by atoms with E-state index in [0.29, 0.717) is 0 Å². The molecule has 0 amide bonds. The summed E-state index contributed by atoms with van der Waals surface area (Å²) in [6, 6.07) is 0. The number of guanidine groups is 1. The van der Waals surface area contributed by atoms with Crippen molar-refractivity contribution in [3.8, 4) is 31.0 Å². The maximum atomic E-state index is 8.38. The van der Waals surface area contributed by atoms with E-state index in [2.05, 4.69) is 18.2 Å². The summed E-state index contributed by atoms with van der Waals surface area (Å²) in [6.07, 6.45) is 6.59. The fourth-order valence-corrected chi connectivity index (χ4v) is 0.468. The Bertz CT molecular complexity index is 395. The van der Waals surface area contributed by atoms with Gasteiger partial charge in [0.25, 0.3) is 5.96 Å². The van der Waals surface area contributed by atoms with E-state index in [1.165, 1.54) is 31.0 Å². The zero-order chi connectivity index (χ0) is 13.0. The average molecular weight is 212 g/mol. The number of nitrogens with zero attached hydrogens (tertiary/aromatic N) is 8. The standard InChI is InChI=1S/C6N8.C2H4/c7-1-12-6(13(2-8)3-9)14(4-10)5-11;1-2/h;1-2H2. The molecule has 0 rings (SSSR count). The Balaban J connectivity index is 0. The van der Waals surface area contributed by atoms with Crippen LogP contribution in [0.25, 0.3) is 0 Å². The van der Waals surface area contributed by atoms with Gasteiger partial charge in [0, 0.05) is 0 Å². The van der Waals surface area contributed by atoms with E-state index < -0.39 is 5.96 Å². The Labute approximate surface area is 92.0 Å². The maximum Gasteiger partial charge on any atom is 0.267 e. The van der Waals surface area contributed by atoms with Crippen LogP contribution in [0, 0.1) is 57.3 Å². The molecule has 0 aliphatic heterocycles. The van der Waals surface area contributed by atoms with Gasteiger partial charge in [-0.2, -0.15) is 26.3 Å². The van der Waals surface area contributed by atoms with Gasteiger partial charge in [-0.1, -0.05) is 0 Å². The van der Waals surface area contributed by atoms with Crippen LogP contribution in [0.3, 0.4) is 0 Å². The first kappa shape index (κ1) is 15.0. The molecule has 0 radical (unpaired) electrons. The van der Waals surface area contributed by atoms with Gasteiger partial charge in [-0.3, -0.25) is 0 Å². The molecular weight excluding hydrogens is 208 g/mol. The van der Waals surface area contributed by atoms with Crippen LogP contribution in [0.15, 0.2) is 18.2 Å². The smallest absolute Gasteiger partial charge is 0.171 e. The fourth-order valence-electron chi connectivity index (χ4n) is 0.468. The molecule has 8 heteroatoms. The summed E-state index contributed by atoms with van der Waals surface area (Å²) in [5.74, 6) is -0.650. The van der Waals surface area contributed by atoms with E-state index in [-0.39, 0.29) is 9.80 Å². The van der Waals surface area contributed by atoms with Crippen LogP contribution in [0.4, 0.5) is 0 Å². The van der Waals surface area contributed by atoms with Crippen LogP contribution in [-0.4, -0.2) is 15.8 Å². The van der Waals surface area contributed by atoms with Crippen LogP contribution >= 0.6 is 0 Å². The molecule has 0 aliphatic rings. The van der Waals surface area contributed by atoms with E-state index in [1.807, 2.05) is 0 Å². The van der Waals surface area contributed by atoms with E-state index in [9.17, 15) is 0 Å². The maximum absolute atomic E-state index is 8.38. The molecule has 76 valence electrons. The largest absolute Gasteiger partial charge is 0.267 e. The lowest BCUT2D eigenvalue weighted by Gasteiger charge is -2.08. The van der Waals surface area contributed by atoms with Gasteiger partial charge in [0.05, 0.1) is 0 Å². The molecule has 0 N–H and O–H groups in total. The van der Waals surface area contributed by atoms with Crippen molar-refractivity contribution >= 4 is 5.96 Å². The minimum atomic E-state index is -0.650. The predicted molar refractivity (Wildman–Crippen MR) is 50.4 cm³/mol. The molecule has 0 spiro atoms. The van der Waals surface area contributed by atoms with Gasteiger partial charge in [-0.15, -0.1) is 28.0 Å². The molecule has 0 aromatic carbocycles. The highest BCUT2D eigenvalue weighted by Crippen LogP contribution is 1.94. The summed E-state index contributed by atoms with van der Waals surface area (Å²) in [5, 5.41) is 41.7. The normalized spacial score (nSPS) is 5.69. The molecule has 0 saturated heterocycles. The van der Waals surface area contributed by atoms with Crippen molar-refractivity contribution < 1.29 is 0 Å². The molecule has 0 atom stereocenters. The topological polar surface area (TPSA) is 138 Å². The summed E-state index contributed by atoms with van der Waals surface area (Å²) >= 11 is 0. The molecule has 0 aromatic heterocycles. The van der Waals surface area contributed by atoms with Crippen LogP contribution in [0.1, 0.15) is 0 Å². The number of hydrogen-bond acceptors (Lipinski definition) is 6. The monoisotopic (exact) mass is 212 g/mol. The van der Waals surface area contributed by atoms with E-state index in [1.54, 1.807) is 0 Å². The molecule has 0 unspecified atom stereocenters. The Morgan fingerprint density at radius 1 is 0.812 bits per heavy atom. The minimum absolute atomic E-state index is 0.260. The summed E-state index contributed by atoms with van der Waals surface area (Å²) in [4.78, 5) is 3.51. The van der Waals surface area contributed by atoms with Crippen molar-refractivity contribution in [2.45, 2.75) is 0 Å². The van der Waals surface area contributed by atoms with Crippen LogP contribution in [0.5, 0.6) is 0 Å². The highest BCUT2D eigenvalue weighted by atomic mass is 15.4. The van der Waals surface area contributed by atoms with Crippen LogP contribution in [-0.2, 0) is 0 Å². The summed E-state index contributed by atoms with van der Waals surface area (Å²) < 4.78 is 0. The summed E-state index contributed by atoms with van der Waals surface area (Å²) in [6.45, 7) is 6.00. The molecule has 0 fully saturated rings. The number of rotatable bonds is 0. The lowest BCUT2D eigenvalue weighted by atomic mass is 10.7. The van der Waals surface area contributed by atoms with Crippen molar-refractivity contribution in [1.29, 1.82) is 26.3 Å². The first-order valence-corrected chi connectivity index (χ1v) is 3.41. The minimum Gasteiger partial charge on any atom is -0.171 e. The van der Waals surface area contributed by atoms with Crippen molar-refractivity contribution in [3.63, 3.8) is 0 Å². The third-order valence-corrected chi connectivity index (χ3v) is 0.950. The van der Waals surface area contributed by atoms with Gasteiger partial charge in [0.15, 0.2) is 0 Å². The van der Waals surface area contributed by atoms with E-state index >= 15 is 0 Å². The highest BCUT2D eigenvalue weighted by molar-refractivity contribution is 5.86. The van der Waals surface area contributed by atoms with Crippen molar-refractivity contribution in [2.75, 3.05) is 0 Å². The molecule has 8 nitrogen and oxygen atoms in total. The van der Waals surface area contributed by atoms with Gasteiger partial charge in [-0.25, -0.2) is 0 Å². The molecule has 0 bridgehead atoms. The number of nitriles is 5. The SMILES string of the molecule is C=C.N#CN=C(N(C#N)C#N)N(C#N)C#N. The third kappa shape index (κ3) is 3.92. The lowest BCUT2D eigenvalue weighted by molar-refractivity contribution is 0.656. The fraction of sp³-hybridized carbons (Fsp3) is 0.